The molecule has 0 aromatic rings. The van der Waals surface area contributed by atoms with Crippen molar-refractivity contribution in [2.45, 2.75) is 72.1 Å². The van der Waals surface area contributed by atoms with Crippen LogP contribution in [0.4, 0.5) is 0 Å². The molecule has 0 aliphatic heterocycles. The van der Waals surface area contributed by atoms with Gasteiger partial charge in [0.2, 0.25) is 0 Å². The van der Waals surface area contributed by atoms with E-state index in [1.54, 1.807) is 5.57 Å². The van der Waals surface area contributed by atoms with E-state index in [1.807, 2.05) is 0 Å². The number of carbonyl (C=O) groups excluding carboxylic acids is 1. The molecule has 2 fully saturated rings. The lowest BCUT2D eigenvalue weighted by atomic mass is 9.46. The van der Waals surface area contributed by atoms with Crippen LogP contribution in [0, 0.1) is 28.1 Å². The van der Waals surface area contributed by atoms with Crippen molar-refractivity contribution in [3.63, 3.8) is 0 Å². The highest BCUT2D eigenvalue weighted by atomic mass is 16.5. The normalized spacial score (nSPS) is 40.9. The van der Waals surface area contributed by atoms with E-state index in [4.69, 9.17) is 9.84 Å². The van der Waals surface area contributed by atoms with Gasteiger partial charge in [0.1, 0.15) is 6.42 Å². The van der Waals surface area contributed by atoms with Crippen LogP contribution in [0.25, 0.3) is 0 Å². The Morgan fingerprint density at radius 1 is 1.30 bits per heavy atom. The fraction of sp³-hybridized carbons (Fsp3) is 0.739. The van der Waals surface area contributed by atoms with Gasteiger partial charge < -0.3 is 9.84 Å². The van der Waals surface area contributed by atoms with Crippen LogP contribution in [-0.4, -0.2) is 23.7 Å². The molecule has 3 rings (SSSR count). The van der Waals surface area contributed by atoms with Gasteiger partial charge >= 0.3 is 11.9 Å². The first-order valence-corrected chi connectivity index (χ1v) is 10.3. The minimum absolute atomic E-state index is 0.0772. The first-order valence-electron chi connectivity index (χ1n) is 10.3. The van der Waals surface area contributed by atoms with Crippen LogP contribution in [0.1, 0.15) is 72.1 Å². The monoisotopic (exact) mass is 374 g/mol. The molecule has 3 aliphatic rings. The molecule has 0 aromatic carbocycles. The number of allylic oxidation sites excluding steroid dienone is 3. The second-order valence-corrected chi connectivity index (χ2v) is 9.91. The molecule has 0 amide bonds. The van der Waals surface area contributed by atoms with Crippen molar-refractivity contribution < 1.29 is 19.4 Å². The van der Waals surface area contributed by atoms with Crippen LogP contribution >= 0.6 is 0 Å². The molecule has 0 aromatic heterocycles. The highest BCUT2D eigenvalue weighted by molar-refractivity contribution is 5.90. The van der Waals surface area contributed by atoms with Crippen molar-refractivity contribution in [2.75, 3.05) is 6.61 Å². The van der Waals surface area contributed by atoms with E-state index in [9.17, 15) is 9.59 Å². The number of esters is 1. The maximum absolute atomic E-state index is 11.8. The molecule has 3 aliphatic carbocycles. The van der Waals surface area contributed by atoms with Crippen LogP contribution in [0.15, 0.2) is 24.3 Å². The molecule has 5 atom stereocenters. The van der Waals surface area contributed by atoms with Gasteiger partial charge in [-0.25, -0.2) is 0 Å². The number of rotatable bonds is 5. The van der Waals surface area contributed by atoms with Crippen LogP contribution in [0.2, 0.25) is 0 Å². The van der Waals surface area contributed by atoms with Crippen LogP contribution in [-0.2, 0) is 14.3 Å². The highest BCUT2D eigenvalue weighted by Crippen LogP contribution is 2.63. The summed E-state index contributed by atoms with van der Waals surface area (Å²) in [6, 6.07) is 0. The third-order valence-electron chi connectivity index (χ3n) is 7.81. The first-order chi connectivity index (χ1) is 12.6. The van der Waals surface area contributed by atoms with Gasteiger partial charge in [-0.2, -0.15) is 0 Å². The number of ether oxygens (including phenoxy) is 1. The summed E-state index contributed by atoms with van der Waals surface area (Å²) in [5.41, 5.74) is 1.92. The fourth-order valence-corrected chi connectivity index (χ4v) is 6.34. The van der Waals surface area contributed by atoms with Crippen molar-refractivity contribution >= 4 is 11.9 Å². The molecule has 0 heterocycles. The lowest BCUT2D eigenvalue weighted by molar-refractivity contribution is -0.157. The second-order valence-electron chi connectivity index (χ2n) is 9.91. The Balaban J connectivity index is 1.80. The SMILES string of the molecule is C=C[C@]1(C)CC=C2C(CCC3[C@](C)(COC(=O)CC(=O)O)CCC[C@@]23C)C1. The third kappa shape index (κ3) is 3.72. The summed E-state index contributed by atoms with van der Waals surface area (Å²) >= 11 is 0. The van der Waals surface area contributed by atoms with Gasteiger partial charge in [0.05, 0.1) is 6.61 Å². The number of hydrogen-bond acceptors (Lipinski definition) is 3. The van der Waals surface area contributed by atoms with Crippen molar-refractivity contribution in [3.8, 4) is 0 Å². The molecular weight excluding hydrogens is 340 g/mol. The summed E-state index contributed by atoms with van der Waals surface area (Å²) in [4.78, 5) is 22.5. The number of carboxylic acid groups (broad SMARTS) is 1. The van der Waals surface area contributed by atoms with Gasteiger partial charge in [-0.3, -0.25) is 9.59 Å². The molecule has 0 spiro atoms. The quantitative estimate of drug-likeness (QED) is 0.411. The Kier molecular flexibility index (Phi) is 5.31. The minimum atomic E-state index is -1.13. The zero-order valence-corrected chi connectivity index (χ0v) is 17.1. The Hall–Kier alpha value is -1.58. The zero-order chi connectivity index (χ0) is 19.9. The molecule has 1 N–H and O–H groups in total. The summed E-state index contributed by atoms with van der Waals surface area (Å²) < 4.78 is 5.42. The van der Waals surface area contributed by atoms with Crippen molar-refractivity contribution in [1.29, 1.82) is 0 Å². The topological polar surface area (TPSA) is 63.6 Å². The van der Waals surface area contributed by atoms with Gasteiger partial charge in [-0.15, -0.1) is 6.58 Å². The predicted molar refractivity (Wildman–Crippen MR) is 105 cm³/mol. The van der Waals surface area contributed by atoms with Crippen LogP contribution in [0.3, 0.4) is 0 Å². The summed E-state index contributed by atoms with van der Waals surface area (Å²) in [5, 5.41) is 8.79. The maximum atomic E-state index is 11.8. The van der Waals surface area contributed by atoms with Crippen molar-refractivity contribution in [2.24, 2.45) is 28.1 Å². The maximum Gasteiger partial charge on any atom is 0.317 e. The second kappa shape index (κ2) is 7.10. The van der Waals surface area contributed by atoms with E-state index in [1.165, 1.54) is 19.3 Å². The first kappa shape index (κ1) is 20.2. The molecular formula is C23H34O4. The number of carboxylic acids is 1. The number of fused-ring (bicyclic) bond motifs is 3. The van der Waals surface area contributed by atoms with E-state index in [0.29, 0.717) is 18.4 Å². The lowest BCUT2D eigenvalue weighted by Crippen LogP contribution is -2.51. The van der Waals surface area contributed by atoms with Gasteiger partial charge in [0.15, 0.2) is 0 Å². The van der Waals surface area contributed by atoms with Crippen molar-refractivity contribution in [3.05, 3.63) is 24.3 Å². The van der Waals surface area contributed by atoms with Gasteiger partial charge in [0.25, 0.3) is 0 Å². The summed E-state index contributed by atoms with van der Waals surface area (Å²) in [7, 11) is 0. The summed E-state index contributed by atoms with van der Waals surface area (Å²) in [6.07, 6.45) is 12.0. The summed E-state index contributed by atoms with van der Waals surface area (Å²) in [5.74, 6) is -0.632. The fourth-order valence-electron chi connectivity index (χ4n) is 6.34. The highest BCUT2D eigenvalue weighted by Gasteiger charge is 2.55. The van der Waals surface area contributed by atoms with E-state index in [-0.39, 0.29) is 16.2 Å². The Bertz CT molecular complexity index is 665. The van der Waals surface area contributed by atoms with Gasteiger partial charge in [-0.1, -0.05) is 44.9 Å². The lowest BCUT2D eigenvalue weighted by Gasteiger charge is -2.59. The molecule has 0 radical (unpaired) electrons. The van der Waals surface area contributed by atoms with Crippen LogP contribution < -0.4 is 0 Å². The smallest absolute Gasteiger partial charge is 0.317 e. The van der Waals surface area contributed by atoms with E-state index in [2.05, 4.69) is 39.5 Å². The molecule has 2 saturated carbocycles. The molecule has 150 valence electrons. The standard InChI is InChI=1S/C23H34O4/c1-5-21(2)12-9-17-16(14-21)7-8-18-22(3,10-6-11-23(17,18)4)15-27-20(26)13-19(24)25/h5,9,16,18H,1,6-8,10-15H2,2-4H3,(H,24,25)/t16?,18?,21-,22+,23+/m1/s1. The molecule has 4 nitrogen and oxygen atoms in total. The van der Waals surface area contributed by atoms with Crippen molar-refractivity contribution in [1.82, 2.24) is 0 Å². The predicted octanol–water partition coefficient (Wildman–Crippen LogP) is 5.14. The van der Waals surface area contributed by atoms with E-state index in [0.717, 1.165) is 25.7 Å². The molecule has 2 unspecified atom stereocenters. The number of carbonyl (C=O) groups is 2. The molecule has 4 heteroatoms. The Morgan fingerprint density at radius 3 is 2.70 bits per heavy atom. The summed E-state index contributed by atoms with van der Waals surface area (Å²) in [6.45, 7) is 11.4. The third-order valence-corrected chi connectivity index (χ3v) is 7.81. The number of aliphatic carboxylic acids is 1. The molecule has 0 saturated heterocycles. The average Bonchev–Trinajstić information content (AvgIpc) is 2.59. The van der Waals surface area contributed by atoms with Crippen LogP contribution in [0.5, 0.6) is 0 Å². The Morgan fingerprint density at radius 2 is 2.04 bits per heavy atom. The largest absolute Gasteiger partial charge is 0.481 e. The van der Waals surface area contributed by atoms with E-state index >= 15 is 0 Å². The average molecular weight is 375 g/mol. The molecule has 27 heavy (non-hydrogen) atoms. The zero-order valence-electron chi connectivity index (χ0n) is 17.1. The molecule has 0 bridgehead atoms. The van der Waals surface area contributed by atoms with Gasteiger partial charge in [-0.05, 0) is 61.2 Å². The van der Waals surface area contributed by atoms with Gasteiger partial charge in [0, 0.05) is 5.41 Å². The minimum Gasteiger partial charge on any atom is -0.481 e. The Labute approximate surface area is 163 Å². The van der Waals surface area contributed by atoms with E-state index < -0.39 is 18.4 Å². The number of hydrogen-bond donors (Lipinski definition) is 1.